The third kappa shape index (κ3) is 3.55. The molecule has 0 unspecified atom stereocenters. The van der Waals surface area contributed by atoms with E-state index in [9.17, 15) is 14.4 Å². The Morgan fingerprint density at radius 1 is 1.29 bits per heavy atom. The number of amides is 1. The molecule has 1 aromatic carbocycles. The lowest BCUT2D eigenvalue weighted by molar-refractivity contribution is -0.149. The van der Waals surface area contributed by atoms with E-state index in [0.717, 1.165) is 12.1 Å². The molecule has 2 aromatic heterocycles. The monoisotopic (exact) mass is 397 g/mol. The van der Waals surface area contributed by atoms with E-state index in [1.165, 1.54) is 16.9 Å². The highest BCUT2D eigenvalue weighted by Crippen LogP contribution is 2.26. The Kier molecular flexibility index (Phi) is 4.95. The average molecular weight is 397 g/mol. The number of aryl methyl sites for hydroxylation is 1. The lowest BCUT2D eigenvalue weighted by Gasteiger charge is -2.17. The maximum atomic E-state index is 12.4. The number of fused-ring (bicyclic) bond motifs is 1. The first-order valence-corrected chi connectivity index (χ1v) is 9.95. The topological polar surface area (TPSA) is 92.4 Å². The molecule has 28 heavy (non-hydrogen) atoms. The van der Waals surface area contributed by atoms with Crippen LogP contribution in [-0.4, -0.2) is 28.4 Å². The van der Waals surface area contributed by atoms with Gasteiger partial charge in [0.2, 0.25) is 5.91 Å². The van der Waals surface area contributed by atoms with Crippen molar-refractivity contribution >= 4 is 39.1 Å². The Morgan fingerprint density at radius 3 is 2.82 bits per heavy atom. The second kappa shape index (κ2) is 7.55. The van der Waals surface area contributed by atoms with Gasteiger partial charge in [0.25, 0.3) is 5.56 Å². The molecule has 1 aliphatic rings. The first-order chi connectivity index (χ1) is 13.5. The van der Waals surface area contributed by atoms with Gasteiger partial charge in [-0.1, -0.05) is 19.1 Å². The molecule has 3 aromatic rings. The zero-order valence-electron chi connectivity index (χ0n) is 15.3. The quantitative estimate of drug-likeness (QED) is 0.668. The minimum absolute atomic E-state index is 0.0996. The van der Waals surface area contributed by atoms with Gasteiger partial charge in [-0.2, -0.15) is 0 Å². The van der Waals surface area contributed by atoms with Gasteiger partial charge in [0.15, 0.2) is 0 Å². The van der Waals surface area contributed by atoms with Gasteiger partial charge in [-0.25, -0.2) is 4.98 Å². The Labute approximate surface area is 165 Å². The van der Waals surface area contributed by atoms with Crippen LogP contribution in [0.2, 0.25) is 0 Å². The van der Waals surface area contributed by atoms with Gasteiger partial charge in [0.05, 0.1) is 11.4 Å². The van der Waals surface area contributed by atoms with Crippen LogP contribution in [0.15, 0.2) is 40.5 Å². The van der Waals surface area contributed by atoms with Gasteiger partial charge < -0.3 is 14.6 Å². The van der Waals surface area contributed by atoms with Crippen molar-refractivity contribution in [3.63, 3.8) is 0 Å². The lowest BCUT2D eigenvalue weighted by atomic mass is 10.1. The van der Waals surface area contributed by atoms with Gasteiger partial charge in [-0.15, -0.1) is 11.3 Å². The Morgan fingerprint density at radius 2 is 2.07 bits per heavy atom. The number of benzene rings is 1. The number of carbonyl (C=O) groups excluding carboxylic acids is 2. The molecule has 1 fully saturated rings. The van der Waals surface area contributed by atoms with Crippen molar-refractivity contribution in [1.82, 2.24) is 9.97 Å². The van der Waals surface area contributed by atoms with E-state index in [1.54, 1.807) is 16.3 Å². The fourth-order valence-electron chi connectivity index (χ4n) is 3.27. The van der Waals surface area contributed by atoms with Crippen molar-refractivity contribution < 1.29 is 14.3 Å². The number of hydrogen-bond acceptors (Lipinski definition) is 6. The number of nitrogens with one attached hydrogen (secondary N) is 1. The fraction of sp³-hybridized carbons (Fsp3) is 0.300. The molecule has 8 heteroatoms. The van der Waals surface area contributed by atoms with Gasteiger partial charge in [-0.05, 0) is 35.6 Å². The summed E-state index contributed by atoms with van der Waals surface area (Å²) in [5.74, 6) is -0.804. The third-order valence-corrected chi connectivity index (χ3v) is 5.73. The summed E-state index contributed by atoms with van der Waals surface area (Å²) in [6.07, 6.45) is 1.04. The molecule has 1 aliphatic heterocycles. The molecule has 0 bridgehead atoms. The number of nitrogens with zero attached hydrogens (tertiary/aromatic N) is 2. The molecule has 1 saturated heterocycles. The molecule has 0 radical (unpaired) electrons. The highest BCUT2D eigenvalue weighted by Gasteiger charge is 2.36. The maximum Gasteiger partial charge on any atom is 0.311 e. The number of anilines is 1. The third-order valence-electron chi connectivity index (χ3n) is 4.83. The van der Waals surface area contributed by atoms with E-state index < -0.39 is 11.9 Å². The van der Waals surface area contributed by atoms with Crippen molar-refractivity contribution in [3.05, 3.63) is 57.5 Å². The lowest BCUT2D eigenvalue weighted by Crippen LogP contribution is -2.26. The van der Waals surface area contributed by atoms with Gasteiger partial charge in [0, 0.05) is 18.7 Å². The number of aromatic nitrogens is 2. The smallest absolute Gasteiger partial charge is 0.311 e. The van der Waals surface area contributed by atoms with E-state index in [2.05, 4.69) is 16.9 Å². The number of H-pyrrole nitrogens is 1. The molecule has 3 heterocycles. The molecule has 1 N–H and O–H groups in total. The van der Waals surface area contributed by atoms with Crippen LogP contribution in [-0.2, 0) is 27.4 Å². The number of aromatic amines is 1. The molecule has 0 aliphatic carbocycles. The number of rotatable bonds is 5. The van der Waals surface area contributed by atoms with Crippen molar-refractivity contribution in [3.8, 4) is 0 Å². The SMILES string of the molecule is CCc1ccc(N2C[C@@H](C(=O)OCc3nc4ccsc4c(=O)[nH]3)CC2=O)cc1. The molecule has 0 spiro atoms. The maximum absolute atomic E-state index is 12.4. The predicted octanol–water partition coefficient (Wildman–Crippen LogP) is 2.64. The van der Waals surface area contributed by atoms with Crippen LogP contribution in [0.3, 0.4) is 0 Å². The normalized spacial score (nSPS) is 16.7. The molecule has 1 atom stereocenters. The average Bonchev–Trinajstić information content (AvgIpc) is 3.33. The summed E-state index contributed by atoms with van der Waals surface area (Å²) < 4.78 is 5.86. The van der Waals surface area contributed by atoms with Crippen LogP contribution in [0.1, 0.15) is 24.7 Å². The summed E-state index contributed by atoms with van der Waals surface area (Å²) in [7, 11) is 0. The van der Waals surface area contributed by atoms with E-state index in [1.807, 2.05) is 24.3 Å². The van der Waals surface area contributed by atoms with Gasteiger partial charge in [-0.3, -0.25) is 14.4 Å². The van der Waals surface area contributed by atoms with Crippen molar-refractivity contribution in [2.24, 2.45) is 5.92 Å². The van der Waals surface area contributed by atoms with E-state index >= 15 is 0 Å². The van der Waals surface area contributed by atoms with Gasteiger partial charge in [0.1, 0.15) is 17.1 Å². The molecule has 7 nitrogen and oxygen atoms in total. The van der Waals surface area contributed by atoms with E-state index in [-0.39, 0.29) is 31.0 Å². The minimum atomic E-state index is -0.532. The van der Waals surface area contributed by atoms with Crippen molar-refractivity contribution in [2.75, 3.05) is 11.4 Å². The number of ether oxygens (including phenoxy) is 1. The first kappa shape index (κ1) is 18.4. The van der Waals surface area contributed by atoms with Crippen molar-refractivity contribution in [2.45, 2.75) is 26.4 Å². The summed E-state index contributed by atoms with van der Waals surface area (Å²) in [6, 6.07) is 9.51. The Balaban J connectivity index is 1.40. The highest BCUT2D eigenvalue weighted by molar-refractivity contribution is 7.17. The molecule has 0 saturated carbocycles. The van der Waals surface area contributed by atoms with Crippen LogP contribution < -0.4 is 10.5 Å². The van der Waals surface area contributed by atoms with Crippen molar-refractivity contribution in [1.29, 1.82) is 0 Å². The van der Waals surface area contributed by atoms with Crippen LogP contribution in [0.5, 0.6) is 0 Å². The zero-order valence-corrected chi connectivity index (χ0v) is 16.1. The van der Waals surface area contributed by atoms with Crippen LogP contribution in [0.4, 0.5) is 5.69 Å². The largest absolute Gasteiger partial charge is 0.457 e. The Hall–Kier alpha value is -3.00. The molecular formula is C20H19N3O4S. The second-order valence-electron chi connectivity index (χ2n) is 6.68. The van der Waals surface area contributed by atoms with Crippen LogP contribution in [0, 0.1) is 5.92 Å². The van der Waals surface area contributed by atoms with Crippen LogP contribution in [0.25, 0.3) is 10.2 Å². The molecule has 1 amide bonds. The minimum Gasteiger partial charge on any atom is -0.457 e. The number of carbonyl (C=O) groups is 2. The first-order valence-electron chi connectivity index (χ1n) is 9.07. The second-order valence-corrected chi connectivity index (χ2v) is 7.60. The molecule has 4 rings (SSSR count). The summed E-state index contributed by atoms with van der Waals surface area (Å²) >= 11 is 1.31. The standard InChI is InChI=1S/C20H19N3O4S/c1-2-12-3-5-14(6-4-12)23-10-13(9-17(23)24)20(26)27-11-16-21-15-7-8-28-18(15)19(25)22-16/h3-8,13H,2,9-11H2,1H3,(H,21,22,25)/t13-/m0/s1. The number of hydrogen-bond donors (Lipinski definition) is 1. The summed E-state index contributed by atoms with van der Waals surface area (Å²) in [6.45, 7) is 2.23. The molecule has 144 valence electrons. The van der Waals surface area contributed by atoms with E-state index in [4.69, 9.17) is 4.74 Å². The number of thiophene rings is 1. The summed E-state index contributed by atoms with van der Waals surface area (Å²) in [4.78, 5) is 45.3. The highest BCUT2D eigenvalue weighted by atomic mass is 32.1. The predicted molar refractivity (Wildman–Crippen MR) is 106 cm³/mol. The number of esters is 1. The fourth-order valence-corrected chi connectivity index (χ4v) is 4.00. The van der Waals surface area contributed by atoms with Crippen LogP contribution >= 0.6 is 11.3 Å². The summed E-state index contributed by atoms with van der Waals surface area (Å²) in [5.41, 5.74) is 2.31. The zero-order chi connectivity index (χ0) is 19.7. The van der Waals surface area contributed by atoms with Gasteiger partial charge >= 0.3 is 5.97 Å². The summed E-state index contributed by atoms with van der Waals surface area (Å²) in [5, 5.41) is 1.79. The Bertz CT molecular complexity index is 1090. The van der Waals surface area contributed by atoms with E-state index in [0.29, 0.717) is 16.0 Å². The molecular weight excluding hydrogens is 378 g/mol.